The largest absolute Gasteiger partial charge is 0.423 e. The lowest BCUT2D eigenvalue weighted by molar-refractivity contribution is 0.0425. The molecule has 0 radical (unpaired) electrons. The number of cyclic esters (lactones) is 6. The highest BCUT2D eigenvalue weighted by Gasteiger charge is 2.35. The van der Waals surface area contributed by atoms with Crippen LogP contribution in [0.1, 0.15) is 142 Å². The Bertz CT molecular complexity index is 3360. The molecule has 0 saturated heterocycles. The molecule has 0 spiro atoms. The van der Waals surface area contributed by atoms with Crippen LogP contribution in [-0.2, 0) is 25.0 Å². The van der Waals surface area contributed by atoms with E-state index in [1.165, 1.54) is 54.6 Å². The maximum absolute atomic E-state index is 13.2. The summed E-state index contributed by atoms with van der Waals surface area (Å²) >= 11 is 0. The third-order valence-electron chi connectivity index (χ3n) is 12.9. The second kappa shape index (κ2) is 17.2. The summed E-state index contributed by atoms with van der Waals surface area (Å²) in [5.41, 5.74) is 3.16. The van der Waals surface area contributed by atoms with Crippen molar-refractivity contribution in [2.45, 2.75) is 31.6 Å². The van der Waals surface area contributed by atoms with Gasteiger partial charge in [-0.05, 0) is 126 Å². The van der Waals surface area contributed by atoms with E-state index in [4.69, 9.17) is 14.2 Å². The molecule has 348 valence electrons. The van der Waals surface area contributed by atoms with E-state index in [0.29, 0.717) is 0 Å². The molecular weight excluding hydrogens is 913 g/mol. The molecule has 15 nitrogen and oxygen atoms in total. The van der Waals surface area contributed by atoms with Crippen molar-refractivity contribution in [1.29, 1.82) is 0 Å². The third-order valence-corrected chi connectivity index (χ3v) is 12.9. The Hall–Kier alpha value is -9.63. The van der Waals surface area contributed by atoms with E-state index < -0.39 is 64.6 Å². The van der Waals surface area contributed by atoms with Crippen molar-refractivity contribution in [3.8, 4) is 17.2 Å². The Kier molecular flexibility index (Phi) is 10.9. The number of carbonyl (C=O) groups excluding carboxylic acids is 9. The van der Waals surface area contributed by atoms with Gasteiger partial charge in [-0.15, -0.1) is 0 Å². The molecule has 3 aliphatic heterocycles. The summed E-state index contributed by atoms with van der Waals surface area (Å²) in [7, 11) is 0. The fourth-order valence-electron chi connectivity index (χ4n) is 8.67. The van der Waals surface area contributed by atoms with Crippen molar-refractivity contribution in [2.24, 2.45) is 0 Å². The van der Waals surface area contributed by atoms with E-state index in [0.717, 1.165) is 27.8 Å². The molecular formula is C56H34O15. The highest BCUT2D eigenvalue weighted by molar-refractivity contribution is 6.17. The predicted octanol–water partition coefficient (Wildman–Crippen LogP) is 8.96. The van der Waals surface area contributed by atoms with Gasteiger partial charge < -0.3 is 28.4 Å². The van der Waals surface area contributed by atoms with Gasteiger partial charge in [0.25, 0.3) is 0 Å². The van der Waals surface area contributed by atoms with Crippen molar-refractivity contribution < 1.29 is 71.6 Å². The molecule has 10 rings (SSSR count). The van der Waals surface area contributed by atoms with Gasteiger partial charge in [0, 0.05) is 10.8 Å². The fraction of sp³-hybridized carbons (Fsp3) is 0.0893. The molecule has 0 atom stereocenters. The zero-order valence-corrected chi connectivity index (χ0v) is 37.6. The first-order chi connectivity index (χ1) is 34.0. The molecule has 7 aromatic rings. The Morgan fingerprint density at radius 1 is 0.324 bits per heavy atom. The van der Waals surface area contributed by atoms with E-state index in [9.17, 15) is 43.2 Å². The maximum atomic E-state index is 13.2. The van der Waals surface area contributed by atoms with Crippen molar-refractivity contribution in [3.05, 3.63) is 230 Å². The summed E-state index contributed by atoms with van der Waals surface area (Å²) in [6, 6.07) is 40.8. The second-order valence-electron chi connectivity index (χ2n) is 17.4. The molecule has 0 fully saturated rings. The number of fused-ring (bicyclic) bond motifs is 3. The van der Waals surface area contributed by atoms with Gasteiger partial charge in [-0.3, -0.25) is 0 Å². The molecule has 0 N–H and O–H groups in total. The summed E-state index contributed by atoms with van der Waals surface area (Å²) in [6.45, 7) is 6.11. The number of rotatable bonds is 11. The lowest BCUT2D eigenvalue weighted by atomic mass is 9.70. The highest BCUT2D eigenvalue weighted by Crippen LogP contribution is 2.42. The standard InChI is InChI=1S/C56H34O15/c1-55(2,33-11-17-37(18-12-33)66-46(57)29-4-23-40-43(26-29)52(63)69-49(40)60)32-7-9-34(10-8-32)56(3,35-13-19-38(20-14-35)67-47(58)30-5-24-41-44(27-30)53(64)70-50(41)61)36-15-21-39(22-16-36)68-48(59)31-6-25-42-45(28-31)54(65)71-51(42)62/h4-28H,1-3H3. The monoisotopic (exact) mass is 946 g/mol. The van der Waals surface area contributed by atoms with Crippen LogP contribution in [0.4, 0.5) is 0 Å². The third kappa shape index (κ3) is 8.10. The van der Waals surface area contributed by atoms with Crippen molar-refractivity contribution in [1.82, 2.24) is 0 Å². The number of hydrogen-bond acceptors (Lipinski definition) is 15. The minimum Gasteiger partial charge on any atom is -0.423 e. The van der Waals surface area contributed by atoms with Crippen LogP contribution >= 0.6 is 0 Å². The minimum absolute atomic E-state index is 0.00367. The van der Waals surface area contributed by atoms with Gasteiger partial charge >= 0.3 is 53.7 Å². The fourth-order valence-corrected chi connectivity index (χ4v) is 8.67. The number of esters is 9. The summed E-state index contributed by atoms with van der Waals surface area (Å²) in [6.07, 6.45) is 0. The van der Waals surface area contributed by atoms with Crippen LogP contribution in [0.3, 0.4) is 0 Å². The van der Waals surface area contributed by atoms with Crippen LogP contribution in [0.25, 0.3) is 0 Å². The van der Waals surface area contributed by atoms with Gasteiger partial charge in [-0.25, -0.2) is 43.2 Å². The van der Waals surface area contributed by atoms with Crippen LogP contribution in [0, 0.1) is 0 Å². The van der Waals surface area contributed by atoms with Crippen molar-refractivity contribution in [2.75, 3.05) is 0 Å². The summed E-state index contributed by atoms with van der Waals surface area (Å²) in [4.78, 5) is 111. The molecule has 15 heteroatoms. The SMILES string of the molecule is CC(C)(c1ccc(OC(=O)c2ccc3c(c2)C(=O)OC3=O)cc1)c1ccc(C(C)(c2ccc(OC(=O)c3ccc4c(c3)C(=O)OC4=O)cc2)c2ccc(OC(=O)c3ccc4c(c3)C(=O)OC4=O)cc2)cc1. The van der Waals surface area contributed by atoms with Crippen LogP contribution in [0.2, 0.25) is 0 Å². The summed E-state index contributed by atoms with van der Waals surface area (Å²) in [5.74, 6) is -6.44. The van der Waals surface area contributed by atoms with Crippen LogP contribution < -0.4 is 14.2 Å². The Morgan fingerprint density at radius 2 is 0.563 bits per heavy atom. The molecule has 0 unspecified atom stereocenters. The van der Waals surface area contributed by atoms with Gasteiger partial charge in [-0.2, -0.15) is 0 Å². The van der Waals surface area contributed by atoms with Crippen LogP contribution in [0.15, 0.2) is 152 Å². The molecule has 0 bridgehead atoms. The molecule has 3 heterocycles. The molecule has 7 aromatic carbocycles. The number of ether oxygens (including phenoxy) is 6. The topological polar surface area (TPSA) is 209 Å². The summed E-state index contributed by atoms with van der Waals surface area (Å²) < 4.78 is 30.8. The molecule has 0 amide bonds. The second-order valence-corrected chi connectivity index (χ2v) is 17.4. The normalized spacial score (nSPS) is 13.7. The van der Waals surface area contributed by atoms with Crippen molar-refractivity contribution in [3.63, 3.8) is 0 Å². The molecule has 3 aliphatic rings. The molecule has 71 heavy (non-hydrogen) atoms. The van der Waals surface area contributed by atoms with E-state index >= 15 is 0 Å². The van der Waals surface area contributed by atoms with E-state index in [1.807, 2.05) is 67.6 Å². The first kappa shape index (κ1) is 45.2. The first-order valence-corrected chi connectivity index (χ1v) is 21.8. The van der Waals surface area contributed by atoms with Gasteiger partial charge in [0.2, 0.25) is 0 Å². The lowest BCUT2D eigenvalue weighted by Gasteiger charge is -2.33. The Balaban J connectivity index is 0.906. The Morgan fingerprint density at radius 3 is 0.859 bits per heavy atom. The number of benzene rings is 7. The van der Waals surface area contributed by atoms with Gasteiger partial charge in [-0.1, -0.05) is 74.5 Å². The Labute approximate surface area is 402 Å². The summed E-state index contributed by atoms with van der Waals surface area (Å²) in [5, 5.41) is 0. The molecule has 0 aliphatic carbocycles. The van der Waals surface area contributed by atoms with Gasteiger partial charge in [0.15, 0.2) is 0 Å². The minimum atomic E-state index is -0.881. The molecule has 0 saturated carbocycles. The maximum Gasteiger partial charge on any atom is 0.346 e. The number of hydrogen-bond donors (Lipinski definition) is 0. The first-order valence-electron chi connectivity index (χ1n) is 21.8. The average Bonchev–Trinajstić information content (AvgIpc) is 3.95. The van der Waals surface area contributed by atoms with Crippen LogP contribution in [0.5, 0.6) is 17.2 Å². The van der Waals surface area contributed by atoms with E-state index in [2.05, 4.69) is 28.1 Å². The lowest BCUT2D eigenvalue weighted by Crippen LogP contribution is -2.26. The van der Waals surface area contributed by atoms with Crippen LogP contribution in [-0.4, -0.2) is 53.7 Å². The number of carbonyl (C=O) groups is 9. The zero-order valence-electron chi connectivity index (χ0n) is 37.6. The quantitative estimate of drug-likeness (QED) is 0.0390. The smallest absolute Gasteiger partial charge is 0.346 e. The average molecular weight is 947 g/mol. The van der Waals surface area contributed by atoms with Gasteiger partial charge in [0.05, 0.1) is 50.1 Å². The predicted molar refractivity (Wildman–Crippen MR) is 247 cm³/mol. The zero-order chi connectivity index (χ0) is 49.9. The molecule has 0 aromatic heterocycles. The van der Waals surface area contributed by atoms with Gasteiger partial charge in [0.1, 0.15) is 17.2 Å². The van der Waals surface area contributed by atoms with Crippen molar-refractivity contribution >= 4 is 53.7 Å². The van der Waals surface area contributed by atoms with E-state index in [-0.39, 0.29) is 67.3 Å². The van der Waals surface area contributed by atoms with E-state index in [1.54, 1.807) is 36.4 Å². The highest BCUT2D eigenvalue weighted by atomic mass is 16.6.